The molecule has 1 aliphatic rings. The van der Waals surface area contributed by atoms with Crippen LogP contribution in [0, 0.1) is 0 Å². The second-order valence-electron chi connectivity index (χ2n) is 7.55. The Hall–Kier alpha value is -2.50. The van der Waals surface area contributed by atoms with Crippen LogP contribution in [0.2, 0.25) is 0 Å². The Labute approximate surface area is 201 Å². The summed E-state index contributed by atoms with van der Waals surface area (Å²) in [4.78, 5) is 11.6. The average molecular weight is 489 g/mol. The van der Waals surface area contributed by atoms with Crippen molar-refractivity contribution in [3.05, 3.63) is 30.1 Å². The van der Waals surface area contributed by atoms with Crippen molar-refractivity contribution in [3.63, 3.8) is 0 Å². The Morgan fingerprint density at radius 1 is 1.27 bits per heavy atom. The maximum absolute atomic E-state index is 11.6. The van der Waals surface area contributed by atoms with Crippen LogP contribution in [0.15, 0.2) is 29.4 Å². The summed E-state index contributed by atoms with van der Waals surface area (Å²) in [6.07, 6.45) is 4.09. The van der Waals surface area contributed by atoms with Crippen molar-refractivity contribution < 1.29 is 14.3 Å². The number of ether oxygens (including phenoxy) is 2. The highest BCUT2D eigenvalue weighted by atomic mass is 32.2. The second kappa shape index (κ2) is 11.6. The molecule has 2 aromatic heterocycles. The molecule has 2 unspecified atom stereocenters. The SMILES string of the molecule is CCc1nnc(SC(C=O)CNc2nnc(-c3ccc(OCC4CCCO4)cc3)s2)n1CC. The first-order chi connectivity index (χ1) is 16.2. The predicted molar refractivity (Wildman–Crippen MR) is 129 cm³/mol. The largest absolute Gasteiger partial charge is 0.491 e. The third kappa shape index (κ3) is 6.10. The smallest absolute Gasteiger partial charge is 0.206 e. The zero-order chi connectivity index (χ0) is 23.0. The van der Waals surface area contributed by atoms with Gasteiger partial charge in [-0.3, -0.25) is 0 Å². The van der Waals surface area contributed by atoms with E-state index >= 15 is 0 Å². The summed E-state index contributed by atoms with van der Waals surface area (Å²) in [5, 5.41) is 22.1. The van der Waals surface area contributed by atoms with Crippen molar-refractivity contribution in [1.82, 2.24) is 25.0 Å². The van der Waals surface area contributed by atoms with Gasteiger partial charge in [-0.15, -0.1) is 20.4 Å². The molecule has 3 aromatic rings. The van der Waals surface area contributed by atoms with Crippen molar-refractivity contribution in [2.75, 3.05) is 25.1 Å². The number of nitrogens with one attached hydrogen (secondary N) is 1. The van der Waals surface area contributed by atoms with E-state index in [9.17, 15) is 4.79 Å². The van der Waals surface area contributed by atoms with E-state index in [0.717, 1.165) is 66.0 Å². The number of benzene rings is 1. The first-order valence-corrected chi connectivity index (χ1v) is 12.9. The number of aryl methyl sites for hydroxylation is 1. The molecule has 1 N–H and O–H groups in total. The lowest BCUT2D eigenvalue weighted by Gasteiger charge is -2.11. The van der Waals surface area contributed by atoms with Crippen molar-refractivity contribution in [2.45, 2.75) is 56.2 Å². The number of nitrogens with zero attached hydrogens (tertiary/aromatic N) is 5. The Kier molecular flexibility index (Phi) is 8.30. The molecule has 4 rings (SSSR count). The van der Waals surface area contributed by atoms with Crippen LogP contribution in [0.25, 0.3) is 10.6 Å². The van der Waals surface area contributed by atoms with Gasteiger partial charge in [-0.2, -0.15) is 0 Å². The fraction of sp³-hybridized carbons (Fsp3) is 0.500. The lowest BCUT2D eigenvalue weighted by molar-refractivity contribution is -0.107. The van der Waals surface area contributed by atoms with Gasteiger partial charge in [-0.1, -0.05) is 30.0 Å². The maximum atomic E-state index is 11.6. The van der Waals surface area contributed by atoms with E-state index in [2.05, 4.69) is 25.7 Å². The number of carbonyl (C=O) groups is 1. The lowest BCUT2D eigenvalue weighted by atomic mass is 10.2. The molecule has 0 radical (unpaired) electrons. The van der Waals surface area contributed by atoms with Gasteiger partial charge in [0.2, 0.25) is 5.13 Å². The van der Waals surface area contributed by atoms with Crippen LogP contribution in [-0.4, -0.2) is 62.4 Å². The number of rotatable bonds is 12. The summed E-state index contributed by atoms with van der Waals surface area (Å²) in [6, 6.07) is 7.82. The van der Waals surface area contributed by atoms with Gasteiger partial charge in [0.1, 0.15) is 29.5 Å². The Balaban J connectivity index is 1.30. The molecule has 33 heavy (non-hydrogen) atoms. The van der Waals surface area contributed by atoms with E-state index < -0.39 is 0 Å². The van der Waals surface area contributed by atoms with E-state index in [0.29, 0.717) is 18.3 Å². The summed E-state index contributed by atoms with van der Waals surface area (Å²) < 4.78 is 13.5. The van der Waals surface area contributed by atoms with E-state index in [1.165, 1.54) is 23.1 Å². The highest BCUT2D eigenvalue weighted by Gasteiger charge is 2.18. The van der Waals surface area contributed by atoms with Crippen LogP contribution in [0.4, 0.5) is 5.13 Å². The summed E-state index contributed by atoms with van der Waals surface area (Å²) in [5.41, 5.74) is 0.967. The predicted octanol–water partition coefficient (Wildman–Crippen LogP) is 3.71. The van der Waals surface area contributed by atoms with Gasteiger partial charge >= 0.3 is 0 Å². The number of anilines is 1. The van der Waals surface area contributed by atoms with Gasteiger partial charge in [0, 0.05) is 31.7 Å². The molecule has 0 amide bonds. The molecule has 2 atom stereocenters. The summed E-state index contributed by atoms with van der Waals surface area (Å²) in [5.74, 6) is 1.74. The normalized spacial score (nSPS) is 16.6. The maximum Gasteiger partial charge on any atom is 0.206 e. The molecule has 1 fully saturated rings. The molecule has 9 nitrogen and oxygen atoms in total. The molecule has 1 aliphatic heterocycles. The van der Waals surface area contributed by atoms with E-state index in [1.54, 1.807) is 0 Å². The number of carbonyl (C=O) groups excluding carboxylic acids is 1. The first kappa shape index (κ1) is 23.7. The Bertz CT molecular complexity index is 1030. The van der Waals surface area contributed by atoms with Crippen LogP contribution in [0.5, 0.6) is 5.75 Å². The van der Waals surface area contributed by atoms with Gasteiger partial charge < -0.3 is 24.2 Å². The van der Waals surface area contributed by atoms with E-state index in [4.69, 9.17) is 9.47 Å². The second-order valence-corrected chi connectivity index (χ2v) is 9.74. The topological polar surface area (TPSA) is 104 Å². The number of hydrogen-bond donors (Lipinski definition) is 1. The van der Waals surface area contributed by atoms with Crippen molar-refractivity contribution in [2.24, 2.45) is 0 Å². The van der Waals surface area contributed by atoms with Crippen LogP contribution in [0.1, 0.15) is 32.5 Å². The van der Waals surface area contributed by atoms with E-state index in [1.807, 2.05) is 42.7 Å². The number of aromatic nitrogens is 5. The van der Waals surface area contributed by atoms with Gasteiger partial charge in [0.25, 0.3) is 0 Å². The Morgan fingerprint density at radius 3 is 2.82 bits per heavy atom. The summed E-state index contributed by atoms with van der Waals surface area (Å²) in [7, 11) is 0. The van der Waals surface area contributed by atoms with E-state index in [-0.39, 0.29) is 11.4 Å². The fourth-order valence-corrected chi connectivity index (χ4v) is 5.19. The van der Waals surface area contributed by atoms with Crippen molar-refractivity contribution in [1.29, 1.82) is 0 Å². The number of aldehydes is 1. The lowest BCUT2D eigenvalue weighted by Crippen LogP contribution is -2.19. The fourth-order valence-electron chi connectivity index (χ4n) is 3.50. The molecule has 0 bridgehead atoms. The van der Waals surface area contributed by atoms with Crippen LogP contribution in [-0.2, 0) is 22.5 Å². The zero-order valence-electron chi connectivity index (χ0n) is 18.8. The highest BCUT2D eigenvalue weighted by Crippen LogP contribution is 2.29. The standard InChI is InChI=1S/C22H28N6O3S2/c1-3-19-24-27-22(28(19)4-2)32-18(13-29)12-23-21-26-25-20(33-21)15-7-9-16(10-8-15)31-14-17-6-5-11-30-17/h7-10,13,17-18H,3-6,11-12,14H2,1-2H3,(H,23,26). The molecule has 176 valence electrons. The summed E-state index contributed by atoms with van der Waals surface area (Å²) in [6.45, 7) is 6.70. The molecular formula is C22H28N6O3S2. The summed E-state index contributed by atoms with van der Waals surface area (Å²) >= 11 is 2.85. The minimum Gasteiger partial charge on any atom is -0.491 e. The monoisotopic (exact) mass is 488 g/mol. The van der Waals surface area contributed by atoms with Crippen LogP contribution < -0.4 is 10.1 Å². The molecular weight excluding hydrogens is 460 g/mol. The average Bonchev–Trinajstić information content (AvgIpc) is 3.61. The van der Waals surface area contributed by atoms with Crippen molar-refractivity contribution >= 4 is 34.5 Å². The zero-order valence-corrected chi connectivity index (χ0v) is 20.4. The first-order valence-electron chi connectivity index (χ1n) is 11.2. The van der Waals surface area contributed by atoms with Crippen LogP contribution in [0.3, 0.4) is 0 Å². The number of thioether (sulfide) groups is 1. The molecule has 1 saturated heterocycles. The third-order valence-electron chi connectivity index (χ3n) is 5.28. The van der Waals surface area contributed by atoms with Gasteiger partial charge in [0.15, 0.2) is 5.16 Å². The molecule has 0 aliphatic carbocycles. The minimum atomic E-state index is -0.308. The van der Waals surface area contributed by atoms with Gasteiger partial charge in [-0.05, 0) is 44.0 Å². The molecule has 3 heterocycles. The Morgan fingerprint density at radius 2 is 2.12 bits per heavy atom. The molecule has 1 aromatic carbocycles. The van der Waals surface area contributed by atoms with Crippen molar-refractivity contribution in [3.8, 4) is 16.3 Å². The molecule has 0 saturated carbocycles. The number of hydrogen-bond acceptors (Lipinski definition) is 10. The minimum absolute atomic E-state index is 0.196. The third-order valence-corrected chi connectivity index (χ3v) is 7.30. The van der Waals surface area contributed by atoms with Gasteiger partial charge in [0.05, 0.1) is 11.4 Å². The van der Waals surface area contributed by atoms with Gasteiger partial charge in [-0.25, -0.2) is 0 Å². The highest BCUT2D eigenvalue weighted by molar-refractivity contribution is 8.00. The molecule has 0 spiro atoms. The molecule has 11 heteroatoms. The van der Waals surface area contributed by atoms with Crippen LogP contribution >= 0.6 is 23.1 Å². The quantitative estimate of drug-likeness (QED) is 0.302.